The quantitative estimate of drug-likeness (QED) is 0.796. The van der Waals surface area contributed by atoms with Crippen molar-refractivity contribution in [3.05, 3.63) is 46.6 Å². The van der Waals surface area contributed by atoms with Crippen LogP contribution in [-0.4, -0.2) is 17.0 Å². The Bertz CT molecular complexity index is 841. The van der Waals surface area contributed by atoms with Crippen LogP contribution in [0.25, 0.3) is 10.2 Å². The summed E-state index contributed by atoms with van der Waals surface area (Å²) in [5.74, 6) is 1.44. The van der Waals surface area contributed by atoms with E-state index in [1.807, 2.05) is 18.2 Å². The maximum absolute atomic E-state index is 6.28. The van der Waals surface area contributed by atoms with E-state index in [1.165, 1.54) is 23.3 Å². The number of thiophene rings is 1. The lowest BCUT2D eigenvalue weighted by molar-refractivity contribution is 0.700. The molecule has 0 aliphatic heterocycles. The van der Waals surface area contributed by atoms with Gasteiger partial charge in [-0.15, -0.1) is 11.3 Å². The third-order valence-corrected chi connectivity index (χ3v) is 5.65. The van der Waals surface area contributed by atoms with E-state index in [9.17, 15) is 0 Å². The fourth-order valence-electron chi connectivity index (χ4n) is 3.29. The van der Waals surface area contributed by atoms with Gasteiger partial charge in [-0.25, -0.2) is 9.97 Å². The maximum Gasteiger partial charge on any atom is 0.151 e. The van der Waals surface area contributed by atoms with Crippen molar-refractivity contribution in [1.82, 2.24) is 9.97 Å². The van der Waals surface area contributed by atoms with Gasteiger partial charge in [-0.1, -0.05) is 18.2 Å². The summed E-state index contributed by atoms with van der Waals surface area (Å²) in [5.41, 5.74) is 8.83. The Morgan fingerprint density at radius 1 is 1.13 bits per heavy atom. The zero-order chi connectivity index (χ0) is 15.8. The van der Waals surface area contributed by atoms with Gasteiger partial charge in [0.1, 0.15) is 10.6 Å². The normalized spacial score (nSPS) is 14.0. The third-order valence-electron chi connectivity index (χ3n) is 4.46. The number of nitrogen functional groups attached to an aromatic ring is 1. The molecule has 2 heterocycles. The molecule has 4 nitrogen and oxygen atoms in total. The van der Waals surface area contributed by atoms with Crippen molar-refractivity contribution in [3.63, 3.8) is 0 Å². The van der Waals surface area contributed by atoms with Gasteiger partial charge in [-0.3, -0.25) is 0 Å². The van der Waals surface area contributed by atoms with Crippen LogP contribution in [0.1, 0.15) is 29.1 Å². The molecule has 0 spiro atoms. The number of aromatic nitrogens is 2. The van der Waals surface area contributed by atoms with Crippen molar-refractivity contribution in [2.75, 3.05) is 17.7 Å². The molecule has 0 unspecified atom stereocenters. The summed E-state index contributed by atoms with van der Waals surface area (Å²) in [6.45, 7) is 0.659. The highest BCUT2D eigenvalue weighted by atomic mass is 32.1. The van der Waals surface area contributed by atoms with E-state index in [0.717, 1.165) is 34.6 Å². The second kappa shape index (κ2) is 5.81. The first-order chi connectivity index (χ1) is 11.2. The number of hydrogen-bond acceptors (Lipinski definition) is 5. The van der Waals surface area contributed by atoms with Crippen LogP contribution < -0.4 is 10.6 Å². The Morgan fingerprint density at radius 3 is 2.74 bits per heavy atom. The van der Waals surface area contributed by atoms with Crippen LogP contribution in [0.15, 0.2) is 30.3 Å². The number of nitrogens with zero attached hydrogens (tertiary/aromatic N) is 3. The van der Waals surface area contributed by atoms with Crippen LogP contribution in [0.4, 0.5) is 11.5 Å². The Morgan fingerprint density at radius 2 is 1.91 bits per heavy atom. The fraction of sp³-hybridized carbons (Fsp3) is 0.333. The Hall–Kier alpha value is -2.14. The lowest BCUT2D eigenvalue weighted by atomic mass is 9.97. The summed E-state index contributed by atoms with van der Waals surface area (Å²) in [5, 5.41) is 1.11. The smallest absolute Gasteiger partial charge is 0.151 e. The minimum absolute atomic E-state index is 0.644. The van der Waals surface area contributed by atoms with Crippen molar-refractivity contribution in [3.8, 4) is 0 Å². The molecule has 0 bridgehead atoms. The predicted molar refractivity (Wildman–Crippen MR) is 97.0 cm³/mol. The summed E-state index contributed by atoms with van der Waals surface area (Å²) in [6, 6.07) is 10.3. The molecule has 3 aromatic rings. The monoisotopic (exact) mass is 324 g/mol. The number of aryl methyl sites for hydroxylation is 2. The van der Waals surface area contributed by atoms with E-state index in [-0.39, 0.29) is 0 Å². The summed E-state index contributed by atoms with van der Waals surface area (Å²) < 4.78 is 0. The SMILES string of the molecule is CN(Cc1nc(N)c2c3c(sc2n1)CCCC3)c1ccccc1. The van der Waals surface area contributed by atoms with Crippen LogP contribution >= 0.6 is 11.3 Å². The average molecular weight is 324 g/mol. The summed E-state index contributed by atoms with van der Waals surface area (Å²) >= 11 is 1.80. The number of rotatable bonds is 3. The lowest BCUT2D eigenvalue weighted by Gasteiger charge is -2.18. The Labute approximate surface area is 140 Å². The van der Waals surface area contributed by atoms with E-state index in [2.05, 4.69) is 29.1 Å². The molecule has 0 amide bonds. The van der Waals surface area contributed by atoms with Crippen molar-refractivity contribution in [2.24, 2.45) is 0 Å². The summed E-state index contributed by atoms with van der Waals surface area (Å²) in [6.07, 6.45) is 4.80. The molecular weight excluding hydrogens is 304 g/mol. The van der Waals surface area contributed by atoms with Crippen molar-refractivity contribution in [1.29, 1.82) is 0 Å². The van der Waals surface area contributed by atoms with Crippen molar-refractivity contribution in [2.45, 2.75) is 32.2 Å². The molecule has 0 saturated carbocycles. The van der Waals surface area contributed by atoms with Gasteiger partial charge in [0.05, 0.1) is 11.9 Å². The standard InChI is InChI=1S/C18H20N4S/c1-22(12-7-3-2-4-8-12)11-15-20-17(19)16-13-9-5-6-10-14(13)23-18(16)21-15/h2-4,7-8H,5-6,9-11H2,1H3,(H2,19,20,21). The zero-order valence-electron chi connectivity index (χ0n) is 13.2. The van der Waals surface area contributed by atoms with Crippen molar-refractivity contribution < 1.29 is 0 Å². The first-order valence-corrected chi connectivity index (χ1v) is 8.87. The lowest BCUT2D eigenvalue weighted by Crippen LogP contribution is -2.18. The van der Waals surface area contributed by atoms with E-state index < -0.39 is 0 Å². The van der Waals surface area contributed by atoms with Gasteiger partial charge in [-0.05, 0) is 43.4 Å². The van der Waals surface area contributed by atoms with E-state index in [0.29, 0.717) is 12.4 Å². The molecule has 0 fully saturated rings. The molecule has 23 heavy (non-hydrogen) atoms. The number of nitrogens with two attached hydrogens (primary N) is 1. The number of anilines is 2. The molecule has 4 rings (SSSR count). The maximum atomic E-state index is 6.28. The average Bonchev–Trinajstić information content (AvgIpc) is 2.94. The number of benzene rings is 1. The Kier molecular flexibility index (Phi) is 3.65. The van der Waals surface area contributed by atoms with Gasteiger partial charge in [0.25, 0.3) is 0 Å². The molecule has 2 N–H and O–H groups in total. The largest absolute Gasteiger partial charge is 0.383 e. The Balaban J connectivity index is 1.69. The van der Waals surface area contributed by atoms with Gasteiger partial charge < -0.3 is 10.6 Å². The van der Waals surface area contributed by atoms with Gasteiger partial charge in [-0.2, -0.15) is 0 Å². The topological polar surface area (TPSA) is 55.0 Å². The molecule has 5 heteroatoms. The highest BCUT2D eigenvalue weighted by Gasteiger charge is 2.20. The molecule has 0 atom stereocenters. The minimum atomic E-state index is 0.644. The predicted octanol–water partition coefficient (Wildman–Crippen LogP) is 3.79. The highest BCUT2D eigenvalue weighted by molar-refractivity contribution is 7.19. The molecule has 0 radical (unpaired) electrons. The molecule has 118 valence electrons. The highest BCUT2D eigenvalue weighted by Crippen LogP contribution is 2.37. The third kappa shape index (κ3) is 2.65. The molecule has 2 aromatic heterocycles. The van der Waals surface area contributed by atoms with Crippen molar-refractivity contribution >= 4 is 33.1 Å². The van der Waals surface area contributed by atoms with Crippen LogP contribution in [-0.2, 0) is 19.4 Å². The molecule has 1 aromatic carbocycles. The summed E-state index contributed by atoms with van der Waals surface area (Å²) in [7, 11) is 2.05. The van der Waals surface area contributed by atoms with E-state index in [1.54, 1.807) is 11.3 Å². The van der Waals surface area contributed by atoms with E-state index in [4.69, 9.17) is 10.7 Å². The minimum Gasteiger partial charge on any atom is -0.383 e. The van der Waals surface area contributed by atoms with Crippen LogP contribution in [0.2, 0.25) is 0 Å². The first-order valence-electron chi connectivity index (χ1n) is 8.05. The van der Waals surface area contributed by atoms with Crippen LogP contribution in [0.5, 0.6) is 0 Å². The summed E-state index contributed by atoms with van der Waals surface area (Å²) in [4.78, 5) is 14.0. The first kappa shape index (κ1) is 14.5. The second-order valence-corrected chi connectivity index (χ2v) is 7.19. The number of hydrogen-bond donors (Lipinski definition) is 1. The number of fused-ring (bicyclic) bond motifs is 3. The fourth-order valence-corrected chi connectivity index (χ4v) is 4.58. The molecule has 1 aliphatic rings. The molecular formula is C18H20N4S. The second-order valence-electron chi connectivity index (χ2n) is 6.11. The molecule has 1 aliphatic carbocycles. The zero-order valence-corrected chi connectivity index (χ0v) is 14.1. The van der Waals surface area contributed by atoms with Gasteiger partial charge in [0.2, 0.25) is 0 Å². The van der Waals surface area contributed by atoms with Gasteiger partial charge in [0, 0.05) is 17.6 Å². The van der Waals surface area contributed by atoms with E-state index >= 15 is 0 Å². The van der Waals surface area contributed by atoms with Gasteiger partial charge in [0.15, 0.2) is 5.82 Å². The van der Waals surface area contributed by atoms with Crippen LogP contribution in [0.3, 0.4) is 0 Å². The van der Waals surface area contributed by atoms with Crippen LogP contribution in [0, 0.1) is 0 Å². The molecule has 0 saturated heterocycles. The number of para-hydroxylation sites is 1. The van der Waals surface area contributed by atoms with Gasteiger partial charge >= 0.3 is 0 Å².